The lowest BCUT2D eigenvalue weighted by molar-refractivity contribution is -0.121. The lowest BCUT2D eigenvalue weighted by Crippen LogP contribution is -2.37. The van der Waals surface area contributed by atoms with Crippen LogP contribution < -0.4 is 5.32 Å². The van der Waals surface area contributed by atoms with Gasteiger partial charge in [0, 0.05) is 37.6 Å². The number of hydrogen-bond donors (Lipinski definition) is 1. The largest absolute Gasteiger partial charge is 0.355 e. The van der Waals surface area contributed by atoms with Crippen molar-refractivity contribution in [2.24, 2.45) is 0 Å². The fraction of sp³-hybridized carbons (Fsp3) is 0.562. The number of likely N-dealkylation sites (N-methyl/N-ethyl adjacent to an activating group) is 1. The minimum atomic E-state index is -3.35. The number of nitrogens with one attached hydrogen (secondary N) is 1. The van der Waals surface area contributed by atoms with Gasteiger partial charge in [0.15, 0.2) is 0 Å². The molecule has 0 aliphatic heterocycles. The standard InChI is InChI=1S/C16H26ClN3O3S/c1-19(2)13-10-18-16(21)9-12-20(24(3,22)23)11-8-14-4-6-15(17)7-5-14/h4-7H,8-13H2,1-3H3,(H,18,21). The van der Waals surface area contributed by atoms with E-state index < -0.39 is 10.0 Å². The van der Waals surface area contributed by atoms with E-state index in [2.05, 4.69) is 5.32 Å². The summed E-state index contributed by atoms with van der Waals surface area (Å²) in [4.78, 5) is 13.8. The summed E-state index contributed by atoms with van der Waals surface area (Å²) in [6.07, 6.45) is 1.90. The second-order valence-electron chi connectivity index (χ2n) is 5.94. The predicted octanol–water partition coefficient (Wildman–Crippen LogP) is 1.21. The van der Waals surface area contributed by atoms with Crippen molar-refractivity contribution >= 4 is 27.5 Å². The van der Waals surface area contributed by atoms with Gasteiger partial charge in [0.1, 0.15) is 0 Å². The number of halogens is 1. The molecule has 6 nitrogen and oxygen atoms in total. The molecule has 1 amide bonds. The van der Waals surface area contributed by atoms with Crippen LogP contribution >= 0.6 is 11.6 Å². The monoisotopic (exact) mass is 375 g/mol. The Hall–Kier alpha value is -1.15. The molecule has 136 valence electrons. The van der Waals surface area contributed by atoms with Crippen molar-refractivity contribution in [2.75, 3.05) is 46.5 Å². The number of nitrogens with zero attached hydrogens (tertiary/aromatic N) is 2. The highest BCUT2D eigenvalue weighted by molar-refractivity contribution is 7.88. The number of amides is 1. The maximum Gasteiger partial charge on any atom is 0.221 e. The van der Waals surface area contributed by atoms with Crippen LogP contribution in [0.2, 0.25) is 5.02 Å². The van der Waals surface area contributed by atoms with Crippen LogP contribution in [0.15, 0.2) is 24.3 Å². The van der Waals surface area contributed by atoms with Gasteiger partial charge in [-0.25, -0.2) is 12.7 Å². The molecule has 0 bridgehead atoms. The minimum Gasteiger partial charge on any atom is -0.355 e. The van der Waals surface area contributed by atoms with Crippen molar-refractivity contribution in [1.29, 1.82) is 0 Å². The Bertz CT molecular complexity index is 618. The zero-order valence-corrected chi connectivity index (χ0v) is 16.0. The van der Waals surface area contributed by atoms with Crippen LogP contribution in [-0.4, -0.2) is 70.1 Å². The zero-order chi connectivity index (χ0) is 18.2. The van der Waals surface area contributed by atoms with E-state index in [-0.39, 0.29) is 18.9 Å². The van der Waals surface area contributed by atoms with Crippen molar-refractivity contribution in [1.82, 2.24) is 14.5 Å². The summed E-state index contributed by atoms with van der Waals surface area (Å²) < 4.78 is 25.1. The Balaban J connectivity index is 2.48. The van der Waals surface area contributed by atoms with Gasteiger partial charge in [0.2, 0.25) is 15.9 Å². The molecular formula is C16H26ClN3O3S. The molecular weight excluding hydrogens is 350 g/mol. The Morgan fingerprint density at radius 3 is 2.29 bits per heavy atom. The molecule has 0 radical (unpaired) electrons. The van der Waals surface area contributed by atoms with Crippen LogP contribution in [0.4, 0.5) is 0 Å². The van der Waals surface area contributed by atoms with E-state index in [0.29, 0.717) is 24.5 Å². The maximum atomic E-state index is 11.9. The molecule has 1 aromatic rings. The van der Waals surface area contributed by atoms with Crippen molar-refractivity contribution in [2.45, 2.75) is 12.8 Å². The van der Waals surface area contributed by atoms with Gasteiger partial charge in [0.05, 0.1) is 6.26 Å². The number of sulfonamides is 1. The molecule has 0 spiro atoms. The smallest absolute Gasteiger partial charge is 0.221 e. The van der Waals surface area contributed by atoms with Crippen LogP contribution in [0, 0.1) is 0 Å². The molecule has 1 N–H and O–H groups in total. The molecule has 0 unspecified atom stereocenters. The number of carbonyl (C=O) groups excluding carboxylic acids is 1. The highest BCUT2D eigenvalue weighted by Crippen LogP contribution is 2.11. The van der Waals surface area contributed by atoms with E-state index >= 15 is 0 Å². The highest BCUT2D eigenvalue weighted by atomic mass is 35.5. The highest BCUT2D eigenvalue weighted by Gasteiger charge is 2.17. The summed E-state index contributed by atoms with van der Waals surface area (Å²) in [7, 11) is 0.496. The molecule has 8 heteroatoms. The normalized spacial score (nSPS) is 11.9. The summed E-state index contributed by atoms with van der Waals surface area (Å²) in [5, 5.41) is 3.43. The molecule has 0 saturated carbocycles. The number of benzene rings is 1. The maximum absolute atomic E-state index is 11.9. The number of hydrogen-bond acceptors (Lipinski definition) is 4. The molecule has 0 heterocycles. The van der Waals surface area contributed by atoms with E-state index in [1.54, 1.807) is 12.1 Å². The Labute approximate surface area is 149 Å². The Kier molecular flexibility index (Phi) is 8.69. The first kappa shape index (κ1) is 20.9. The third-order valence-corrected chi connectivity index (χ3v) is 5.06. The van der Waals surface area contributed by atoms with E-state index in [4.69, 9.17) is 11.6 Å². The lowest BCUT2D eigenvalue weighted by atomic mass is 10.1. The third kappa shape index (κ3) is 8.63. The first-order valence-corrected chi connectivity index (χ1v) is 10.0. The predicted molar refractivity (Wildman–Crippen MR) is 97.8 cm³/mol. The van der Waals surface area contributed by atoms with Crippen molar-refractivity contribution in [3.63, 3.8) is 0 Å². The molecule has 1 aromatic carbocycles. The van der Waals surface area contributed by atoms with Gasteiger partial charge in [-0.2, -0.15) is 0 Å². The SMILES string of the molecule is CN(C)CCNC(=O)CCN(CCc1ccc(Cl)cc1)S(C)(=O)=O. The Morgan fingerprint density at radius 2 is 1.75 bits per heavy atom. The van der Waals surface area contributed by atoms with Crippen molar-refractivity contribution in [3.05, 3.63) is 34.9 Å². The molecule has 0 fully saturated rings. The summed E-state index contributed by atoms with van der Waals surface area (Å²) in [6.45, 7) is 1.82. The zero-order valence-electron chi connectivity index (χ0n) is 14.5. The third-order valence-electron chi connectivity index (χ3n) is 3.50. The average molecular weight is 376 g/mol. The molecule has 24 heavy (non-hydrogen) atoms. The molecule has 0 saturated heterocycles. The summed E-state index contributed by atoms with van der Waals surface area (Å²) in [5.41, 5.74) is 1.00. The van der Waals surface area contributed by atoms with Gasteiger partial charge in [-0.15, -0.1) is 0 Å². The van der Waals surface area contributed by atoms with Crippen LogP contribution in [-0.2, 0) is 21.2 Å². The van der Waals surface area contributed by atoms with Crippen LogP contribution in [0.25, 0.3) is 0 Å². The molecule has 0 atom stereocenters. The molecule has 0 aromatic heterocycles. The van der Waals surface area contributed by atoms with Crippen LogP contribution in [0.3, 0.4) is 0 Å². The van der Waals surface area contributed by atoms with E-state index in [1.807, 2.05) is 31.1 Å². The molecule has 0 aliphatic carbocycles. The second kappa shape index (κ2) is 9.98. The number of rotatable bonds is 10. The lowest BCUT2D eigenvalue weighted by Gasteiger charge is -2.20. The first-order valence-electron chi connectivity index (χ1n) is 7.79. The van der Waals surface area contributed by atoms with Crippen LogP contribution in [0.1, 0.15) is 12.0 Å². The van der Waals surface area contributed by atoms with E-state index in [1.165, 1.54) is 10.6 Å². The van der Waals surface area contributed by atoms with Crippen LogP contribution in [0.5, 0.6) is 0 Å². The van der Waals surface area contributed by atoms with Gasteiger partial charge >= 0.3 is 0 Å². The minimum absolute atomic E-state index is 0.142. The average Bonchev–Trinajstić information content (AvgIpc) is 2.47. The van der Waals surface area contributed by atoms with E-state index in [0.717, 1.165) is 12.1 Å². The van der Waals surface area contributed by atoms with Crippen molar-refractivity contribution < 1.29 is 13.2 Å². The van der Waals surface area contributed by atoms with Crippen molar-refractivity contribution in [3.8, 4) is 0 Å². The van der Waals surface area contributed by atoms with E-state index in [9.17, 15) is 13.2 Å². The summed E-state index contributed by atoms with van der Waals surface area (Å²) >= 11 is 5.84. The Morgan fingerprint density at radius 1 is 1.12 bits per heavy atom. The first-order chi connectivity index (χ1) is 11.2. The van der Waals surface area contributed by atoms with Gasteiger partial charge in [0.25, 0.3) is 0 Å². The van der Waals surface area contributed by atoms with Gasteiger partial charge in [-0.3, -0.25) is 4.79 Å². The van der Waals surface area contributed by atoms with Gasteiger partial charge in [-0.1, -0.05) is 23.7 Å². The van der Waals surface area contributed by atoms with Gasteiger partial charge < -0.3 is 10.2 Å². The fourth-order valence-electron chi connectivity index (χ4n) is 2.08. The second-order valence-corrected chi connectivity index (χ2v) is 8.36. The molecule has 1 rings (SSSR count). The quantitative estimate of drug-likeness (QED) is 0.667. The fourth-order valence-corrected chi connectivity index (χ4v) is 3.05. The molecule has 0 aliphatic rings. The summed E-state index contributed by atoms with van der Waals surface area (Å²) in [5.74, 6) is -0.142. The summed E-state index contributed by atoms with van der Waals surface area (Å²) in [6, 6.07) is 7.30. The number of carbonyl (C=O) groups is 1. The topological polar surface area (TPSA) is 69.7 Å². The van der Waals surface area contributed by atoms with Gasteiger partial charge in [-0.05, 0) is 38.2 Å².